The molecule has 3 nitrogen and oxygen atoms in total. The van der Waals surface area contributed by atoms with Crippen molar-refractivity contribution < 1.29 is 4.74 Å². The highest BCUT2D eigenvalue weighted by molar-refractivity contribution is 7.71. The van der Waals surface area contributed by atoms with E-state index in [1.165, 1.54) is 19.3 Å². The van der Waals surface area contributed by atoms with Crippen molar-refractivity contribution in [1.29, 1.82) is 0 Å². The number of fused-ring (bicyclic) bond motifs is 1. The number of H-pyrrole nitrogens is 1. The molecule has 1 N–H and O–H groups in total. The Kier molecular flexibility index (Phi) is 2.90. The van der Waals surface area contributed by atoms with Gasteiger partial charge in [-0.15, -0.1) is 0 Å². The van der Waals surface area contributed by atoms with Crippen LogP contribution < -0.4 is 4.74 Å². The smallest absolute Gasteiger partial charge is 0.178 e. The van der Waals surface area contributed by atoms with Gasteiger partial charge in [-0.3, -0.25) is 0 Å². The lowest BCUT2D eigenvalue weighted by Crippen LogP contribution is -2.22. The van der Waals surface area contributed by atoms with Crippen molar-refractivity contribution in [2.45, 2.75) is 32.2 Å². The molecule has 1 aliphatic carbocycles. The van der Waals surface area contributed by atoms with Gasteiger partial charge >= 0.3 is 0 Å². The lowest BCUT2D eigenvalue weighted by Gasteiger charge is -2.32. The maximum Gasteiger partial charge on any atom is 0.178 e. The second-order valence-electron chi connectivity index (χ2n) is 5.11. The minimum atomic E-state index is 0.465. The van der Waals surface area contributed by atoms with E-state index in [2.05, 4.69) is 22.5 Å². The fourth-order valence-electron chi connectivity index (χ4n) is 2.77. The van der Waals surface area contributed by atoms with Gasteiger partial charge in [0.05, 0.1) is 18.1 Å². The van der Waals surface area contributed by atoms with Crippen LogP contribution in [0.3, 0.4) is 0 Å². The molecule has 96 valence electrons. The van der Waals surface area contributed by atoms with Gasteiger partial charge in [0.25, 0.3) is 0 Å². The normalized spacial score (nSPS) is 17.7. The second-order valence-corrected chi connectivity index (χ2v) is 5.50. The molecule has 3 rings (SSSR count). The van der Waals surface area contributed by atoms with E-state index in [0.717, 1.165) is 27.5 Å². The fraction of sp³-hybridized carbons (Fsp3) is 0.500. The third-order valence-electron chi connectivity index (χ3n) is 4.16. The highest BCUT2D eigenvalue weighted by Crippen LogP contribution is 2.38. The molecule has 2 aromatic rings. The Labute approximate surface area is 112 Å². The summed E-state index contributed by atoms with van der Waals surface area (Å²) in [5, 5.41) is 0. The van der Waals surface area contributed by atoms with Gasteiger partial charge < -0.3 is 14.3 Å². The number of ether oxygens (including phenoxy) is 1. The molecule has 1 saturated carbocycles. The SMILES string of the molecule is COc1ccc2[nH]c(=S)n(C(C)C3CCC3)c2c1. The molecule has 1 atom stereocenters. The van der Waals surface area contributed by atoms with E-state index in [9.17, 15) is 0 Å². The van der Waals surface area contributed by atoms with Crippen LogP contribution in [0.5, 0.6) is 5.75 Å². The summed E-state index contributed by atoms with van der Waals surface area (Å²) in [5.74, 6) is 1.65. The van der Waals surface area contributed by atoms with Gasteiger partial charge in [0.1, 0.15) is 5.75 Å². The number of benzene rings is 1. The van der Waals surface area contributed by atoms with E-state index in [1.807, 2.05) is 12.1 Å². The maximum atomic E-state index is 5.47. The molecule has 0 saturated heterocycles. The van der Waals surface area contributed by atoms with Crippen molar-refractivity contribution in [1.82, 2.24) is 9.55 Å². The summed E-state index contributed by atoms with van der Waals surface area (Å²) < 4.78 is 8.37. The van der Waals surface area contributed by atoms with Crippen LogP contribution in [-0.4, -0.2) is 16.7 Å². The molecule has 1 aromatic heterocycles. The Bertz CT molecular complexity index is 624. The zero-order chi connectivity index (χ0) is 12.7. The third kappa shape index (κ3) is 1.75. The Morgan fingerprint density at radius 3 is 2.83 bits per heavy atom. The van der Waals surface area contributed by atoms with Gasteiger partial charge in [0.15, 0.2) is 4.77 Å². The van der Waals surface area contributed by atoms with Gasteiger partial charge in [-0.1, -0.05) is 6.42 Å². The highest BCUT2D eigenvalue weighted by Gasteiger charge is 2.26. The molecule has 1 fully saturated rings. The molecule has 0 aliphatic heterocycles. The number of nitrogens with one attached hydrogen (secondary N) is 1. The summed E-state index contributed by atoms with van der Waals surface area (Å²) in [6.45, 7) is 2.27. The van der Waals surface area contributed by atoms with E-state index < -0.39 is 0 Å². The first kappa shape index (κ1) is 11.8. The molecule has 18 heavy (non-hydrogen) atoms. The van der Waals surface area contributed by atoms with Crippen molar-refractivity contribution in [2.75, 3.05) is 7.11 Å². The lowest BCUT2D eigenvalue weighted by molar-refractivity contribution is 0.224. The zero-order valence-electron chi connectivity index (χ0n) is 10.8. The van der Waals surface area contributed by atoms with E-state index >= 15 is 0 Å². The average Bonchev–Trinajstić information content (AvgIpc) is 2.61. The second kappa shape index (κ2) is 4.43. The van der Waals surface area contributed by atoms with Gasteiger partial charge in [0.2, 0.25) is 0 Å². The van der Waals surface area contributed by atoms with Crippen molar-refractivity contribution in [2.24, 2.45) is 5.92 Å². The molecular weight excluding hydrogens is 244 g/mol. The van der Waals surface area contributed by atoms with Crippen molar-refractivity contribution in [3.63, 3.8) is 0 Å². The molecule has 0 spiro atoms. The quantitative estimate of drug-likeness (QED) is 0.845. The zero-order valence-corrected chi connectivity index (χ0v) is 11.6. The summed E-state index contributed by atoms with van der Waals surface area (Å²) in [4.78, 5) is 3.28. The summed E-state index contributed by atoms with van der Waals surface area (Å²) in [7, 11) is 1.70. The number of aromatic nitrogens is 2. The monoisotopic (exact) mass is 262 g/mol. The van der Waals surface area contributed by atoms with Crippen LogP contribution in [-0.2, 0) is 0 Å². The summed E-state index contributed by atoms with van der Waals surface area (Å²) in [6, 6.07) is 6.53. The number of aromatic amines is 1. The fourth-order valence-corrected chi connectivity index (χ4v) is 3.14. The summed E-state index contributed by atoms with van der Waals surface area (Å²) >= 11 is 5.47. The van der Waals surface area contributed by atoms with Crippen LogP contribution in [0.15, 0.2) is 18.2 Å². The number of hydrogen-bond donors (Lipinski definition) is 1. The van der Waals surface area contributed by atoms with E-state index in [0.29, 0.717) is 6.04 Å². The first-order chi connectivity index (χ1) is 8.70. The maximum absolute atomic E-state index is 5.47. The molecule has 0 amide bonds. The minimum absolute atomic E-state index is 0.465. The predicted octanol–water partition coefficient (Wildman–Crippen LogP) is 4.07. The van der Waals surface area contributed by atoms with Crippen LogP contribution in [0, 0.1) is 10.7 Å². The van der Waals surface area contributed by atoms with Gasteiger partial charge in [-0.25, -0.2) is 0 Å². The molecule has 4 heteroatoms. The van der Waals surface area contributed by atoms with Crippen LogP contribution in [0.4, 0.5) is 0 Å². The van der Waals surface area contributed by atoms with Crippen LogP contribution in [0.1, 0.15) is 32.2 Å². The number of imidazole rings is 1. The Morgan fingerprint density at radius 2 is 2.22 bits per heavy atom. The van der Waals surface area contributed by atoms with Crippen LogP contribution >= 0.6 is 12.2 Å². The van der Waals surface area contributed by atoms with E-state index in [-0.39, 0.29) is 0 Å². The average molecular weight is 262 g/mol. The van der Waals surface area contributed by atoms with Crippen LogP contribution in [0.25, 0.3) is 11.0 Å². The van der Waals surface area contributed by atoms with Crippen molar-refractivity contribution >= 4 is 23.3 Å². The van der Waals surface area contributed by atoms with Crippen molar-refractivity contribution in [3.8, 4) is 5.75 Å². The highest BCUT2D eigenvalue weighted by atomic mass is 32.1. The summed E-state index contributed by atoms with van der Waals surface area (Å²) in [5.41, 5.74) is 2.24. The Hall–Kier alpha value is -1.29. The summed E-state index contributed by atoms with van der Waals surface area (Å²) in [6.07, 6.45) is 3.99. The Balaban J connectivity index is 2.13. The molecule has 1 unspecified atom stereocenters. The molecule has 0 bridgehead atoms. The number of methoxy groups -OCH3 is 1. The predicted molar refractivity (Wildman–Crippen MR) is 75.7 cm³/mol. The topological polar surface area (TPSA) is 29.9 Å². The van der Waals surface area contributed by atoms with Gasteiger partial charge in [-0.05, 0) is 50.0 Å². The minimum Gasteiger partial charge on any atom is -0.497 e. The molecular formula is C14H18N2OS. The number of hydrogen-bond acceptors (Lipinski definition) is 2. The van der Waals surface area contributed by atoms with Gasteiger partial charge in [0, 0.05) is 12.1 Å². The Morgan fingerprint density at radius 1 is 1.44 bits per heavy atom. The van der Waals surface area contributed by atoms with Crippen LogP contribution in [0.2, 0.25) is 0 Å². The lowest BCUT2D eigenvalue weighted by atomic mass is 9.80. The molecule has 0 radical (unpaired) electrons. The van der Waals surface area contributed by atoms with E-state index in [1.54, 1.807) is 7.11 Å². The first-order valence-electron chi connectivity index (χ1n) is 6.49. The molecule has 1 aromatic carbocycles. The largest absolute Gasteiger partial charge is 0.497 e. The molecule has 1 aliphatic rings. The first-order valence-corrected chi connectivity index (χ1v) is 6.90. The van der Waals surface area contributed by atoms with Crippen molar-refractivity contribution in [3.05, 3.63) is 23.0 Å². The third-order valence-corrected chi connectivity index (χ3v) is 4.46. The number of nitrogens with zero attached hydrogens (tertiary/aromatic N) is 1. The van der Waals surface area contributed by atoms with Gasteiger partial charge in [-0.2, -0.15) is 0 Å². The van der Waals surface area contributed by atoms with E-state index in [4.69, 9.17) is 17.0 Å². The standard InChI is InChI=1S/C14H18N2OS/c1-9(10-4-3-5-10)16-13-8-11(17-2)6-7-12(13)15-14(16)18/h6-10H,3-5H2,1-2H3,(H,15,18). The molecule has 1 heterocycles. The number of rotatable bonds is 3.